The number of amides is 3. The number of aryl methyl sites for hydroxylation is 1. The minimum atomic E-state index is -0.790. The summed E-state index contributed by atoms with van der Waals surface area (Å²) in [6.07, 6.45) is 3.73. The van der Waals surface area contributed by atoms with Crippen molar-refractivity contribution in [3.05, 3.63) is 64.7 Å². The van der Waals surface area contributed by atoms with Gasteiger partial charge in [-0.05, 0) is 67.9 Å². The van der Waals surface area contributed by atoms with Crippen molar-refractivity contribution in [2.45, 2.75) is 57.2 Å². The Balaban J connectivity index is 1.54. The minimum absolute atomic E-state index is 0.129. The zero-order valence-corrected chi connectivity index (χ0v) is 22.8. The van der Waals surface area contributed by atoms with E-state index in [9.17, 15) is 14.4 Å². The number of rotatable bonds is 3. The predicted molar refractivity (Wildman–Crippen MR) is 147 cm³/mol. The largest absolute Gasteiger partial charge is 0.492 e. The highest BCUT2D eigenvalue weighted by atomic mass is 35.5. The second-order valence-corrected chi connectivity index (χ2v) is 10.6. The number of hydrogen-bond donors (Lipinski definition) is 3. The van der Waals surface area contributed by atoms with Gasteiger partial charge in [0, 0.05) is 31.6 Å². The molecule has 1 aliphatic carbocycles. The first kappa shape index (κ1) is 27.9. The summed E-state index contributed by atoms with van der Waals surface area (Å²) in [4.78, 5) is 41.3. The number of likely N-dealkylation sites (N-methyl/N-ethyl adjacent to an activating group) is 1. The Hall–Kier alpha value is -3.10. The first-order valence-corrected chi connectivity index (χ1v) is 13.7. The lowest BCUT2D eigenvalue weighted by Gasteiger charge is -2.30. The zero-order valence-electron chi connectivity index (χ0n) is 22.0. The van der Waals surface area contributed by atoms with Crippen LogP contribution in [0.1, 0.15) is 37.3 Å². The molecule has 0 aromatic heterocycles. The molecule has 3 N–H and O–H groups in total. The number of carbonyl (C=O) groups is 3. The average Bonchev–Trinajstić information content (AvgIpc) is 3.76. The van der Waals surface area contributed by atoms with Crippen LogP contribution in [0.4, 0.5) is 0 Å². The fraction of sp³-hybridized carbons (Fsp3) is 0.483. The molecule has 2 aliphatic rings. The highest BCUT2D eigenvalue weighted by Crippen LogP contribution is 2.33. The van der Waals surface area contributed by atoms with Crippen molar-refractivity contribution in [1.29, 1.82) is 0 Å². The van der Waals surface area contributed by atoms with E-state index in [1.54, 1.807) is 26.1 Å². The van der Waals surface area contributed by atoms with Gasteiger partial charge in [-0.3, -0.25) is 14.4 Å². The molecule has 1 fully saturated rings. The number of carbonyl (C=O) groups excluding carboxylic acids is 3. The molecule has 1 saturated carbocycles. The summed E-state index contributed by atoms with van der Waals surface area (Å²) in [7, 11) is 1.64. The van der Waals surface area contributed by atoms with Crippen molar-refractivity contribution < 1.29 is 19.1 Å². The van der Waals surface area contributed by atoms with Crippen LogP contribution in [0.2, 0.25) is 5.02 Å². The lowest BCUT2D eigenvalue weighted by atomic mass is 10.0. The van der Waals surface area contributed by atoms with Crippen molar-refractivity contribution in [3.63, 3.8) is 0 Å². The topological polar surface area (TPSA) is 99.8 Å². The molecule has 0 radical (unpaired) electrons. The summed E-state index contributed by atoms with van der Waals surface area (Å²) in [5, 5.41) is 9.83. The molecule has 3 amide bonds. The Bertz CT molecular complexity index is 1120. The van der Waals surface area contributed by atoms with Gasteiger partial charge in [0.1, 0.15) is 24.4 Å². The Labute approximate surface area is 229 Å². The molecule has 1 aliphatic heterocycles. The van der Waals surface area contributed by atoms with Crippen molar-refractivity contribution >= 4 is 29.3 Å². The van der Waals surface area contributed by atoms with Gasteiger partial charge < -0.3 is 25.6 Å². The summed E-state index contributed by atoms with van der Waals surface area (Å²) in [6, 6.07) is 13.2. The van der Waals surface area contributed by atoms with Gasteiger partial charge >= 0.3 is 0 Å². The predicted octanol–water partition coefficient (Wildman–Crippen LogP) is 2.72. The van der Waals surface area contributed by atoms with E-state index in [2.05, 4.69) is 16.0 Å². The molecule has 38 heavy (non-hydrogen) atoms. The standard InChI is InChI=1S/C29H37ClN4O4/c1-19-27(35)33-24(18-20-9-13-23(30)14-10-20)28(36)32-15-5-7-21-6-3-4-8-25(21)38-17-16-31-26(22-11-12-22)29(37)34(19)2/h3-4,6,8-10,13-14,19,22,24,26,31H,5,7,11-12,15-18H2,1-2H3,(H,32,36)(H,33,35)/t19-,24-,26+/m1/s1. The minimum Gasteiger partial charge on any atom is -0.492 e. The molecule has 2 aromatic rings. The molecule has 4 rings (SSSR count). The van der Waals surface area contributed by atoms with Gasteiger partial charge in [-0.15, -0.1) is 0 Å². The maximum atomic E-state index is 13.4. The highest BCUT2D eigenvalue weighted by Gasteiger charge is 2.39. The number of halogens is 1. The summed E-state index contributed by atoms with van der Waals surface area (Å²) in [5.41, 5.74) is 1.94. The van der Waals surface area contributed by atoms with Crippen LogP contribution in [0, 0.1) is 5.92 Å². The monoisotopic (exact) mass is 540 g/mol. The van der Waals surface area contributed by atoms with Gasteiger partial charge in [-0.1, -0.05) is 41.9 Å². The van der Waals surface area contributed by atoms with Crippen LogP contribution in [-0.2, 0) is 27.2 Å². The third-order valence-corrected chi connectivity index (χ3v) is 7.52. The first-order chi connectivity index (χ1) is 18.3. The van der Waals surface area contributed by atoms with E-state index < -0.39 is 12.1 Å². The van der Waals surface area contributed by atoms with E-state index in [1.807, 2.05) is 36.4 Å². The molecular weight excluding hydrogens is 504 g/mol. The van der Waals surface area contributed by atoms with E-state index in [0.717, 1.165) is 42.6 Å². The van der Waals surface area contributed by atoms with Crippen molar-refractivity contribution in [3.8, 4) is 5.75 Å². The quantitative estimate of drug-likeness (QED) is 0.556. The molecule has 3 atom stereocenters. The van der Waals surface area contributed by atoms with Crippen LogP contribution < -0.4 is 20.7 Å². The molecule has 0 saturated heterocycles. The molecule has 9 heteroatoms. The summed E-state index contributed by atoms with van der Waals surface area (Å²) in [6.45, 7) is 3.09. The Morgan fingerprint density at radius 1 is 1.00 bits per heavy atom. The fourth-order valence-corrected chi connectivity index (χ4v) is 4.80. The van der Waals surface area contributed by atoms with Crippen LogP contribution in [-0.4, -0.2) is 67.5 Å². The van der Waals surface area contributed by atoms with Crippen LogP contribution >= 0.6 is 11.6 Å². The SMILES string of the molecule is C[C@@H]1C(=O)N[C@H](Cc2ccc(Cl)cc2)C(=O)NCCCc2ccccc2OCCN[C@@H](C2CC2)C(=O)N1C. The fourth-order valence-electron chi connectivity index (χ4n) is 4.67. The van der Waals surface area contributed by atoms with Gasteiger partial charge in [0.2, 0.25) is 17.7 Å². The van der Waals surface area contributed by atoms with Gasteiger partial charge in [-0.2, -0.15) is 0 Å². The summed E-state index contributed by atoms with van der Waals surface area (Å²) >= 11 is 6.03. The Morgan fingerprint density at radius 3 is 2.47 bits per heavy atom. The second kappa shape index (κ2) is 13.1. The normalized spacial score (nSPS) is 24.3. The van der Waals surface area contributed by atoms with E-state index >= 15 is 0 Å². The molecule has 204 valence electrons. The third kappa shape index (κ3) is 7.48. The molecule has 0 unspecified atom stereocenters. The van der Waals surface area contributed by atoms with E-state index in [-0.39, 0.29) is 29.7 Å². The van der Waals surface area contributed by atoms with Crippen LogP contribution in [0.15, 0.2) is 48.5 Å². The number of nitrogens with one attached hydrogen (secondary N) is 3. The maximum absolute atomic E-state index is 13.4. The molecule has 2 aromatic carbocycles. The Kier molecular flexibility index (Phi) is 9.63. The van der Waals surface area contributed by atoms with Gasteiger partial charge in [0.15, 0.2) is 0 Å². The molecule has 0 bridgehead atoms. The zero-order chi connectivity index (χ0) is 27.1. The smallest absolute Gasteiger partial charge is 0.243 e. The number of fused-ring (bicyclic) bond motifs is 1. The van der Waals surface area contributed by atoms with Crippen LogP contribution in [0.5, 0.6) is 5.75 Å². The van der Waals surface area contributed by atoms with Crippen molar-refractivity contribution in [2.75, 3.05) is 26.7 Å². The van der Waals surface area contributed by atoms with E-state index in [4.69, 9.17) is 16.3 Å². The van der Waals surface area contributed by atoms with Gasteiger partial charge in [0.25, 0.3) is 0 Å². The lowest BCUT2D eigenvalue weighted by molar-refractivity contribution is -0.141. The van der Waals surface area contributed by atoms with Crippen molar-refractivity contribution in [1.82, 2.24) is 20.9 Å². The van der Waals surface area contributed by atoms with Gasteiger partial charge in [-0.25, -0.2) is 0 Å². The summed E-state index contributed by atoms with van der Waals surface area (Å²) < 4.78 is 6.05. The molecular formula is C29H37ClN4O4. The second-order valence-electron chi connectivity index (χ2n) is 10.1. The number of nitrogens with zero attached hydrogens (tertiary/aromatic N) is 1. The number of hydrogen-bond acceptors (Lipinski definition) is 5. The third-order valence-electron chi connectivity index (χ3n) is 7.27. The number of para-hydroxylation sites is 1. The molecule has 8 nitrogen and oxygen atoms in total. The van der Waals surface area contributed by atoms with Crippen LogP contribution in [0.3, 0.4) is 0 Å². The van der Waals surface area contributed by atoms with E-state index in [1.165, 1.54) is 4.90 Å². The highest BCUT2D eigenvalue weighted by molar-refractivity contribution is 6.30. The van der Waals surface area contributed by atoms with E-state index in [0.29, 0.717) is 31.1 Å². The maximum Gasteiger partial charge on any atom is 0.243 e. The summed E-state index contributed by atoms with van der Waals surface area (Å²) in [5.74, 6) is 0.298. The first-order valence-electron chi connectivity index (χ1n) is 13.4. The molecule has 0 spiro atoms. The van der Waals surface area contributed by atoms with Gasteiger partial charge in [0.05, 0.1) is 6.04 Å². The lowest BCUT2D eigenvalue weighted by Crippen LogP contribution is -2.56. The average molecular weight is 541 g/mol. The number of ether oxygens (including phenoxy) is 1. The Morgan fingerprint density at radius 2 is 1.74 bits per heavy atom. The van der Waals surface area contributed by atoms with Crippen molar-refractivity contribution in [2.24, 2.45) is 5.92 Å². The molecule has 1 heterocycles. The number of benzene rings is 2. The van der Waals surface area contributed by atoms with Crippen LogP contribution in [0.25, 0.3) is 0 Å².